The molecule has 138 valence electrons. The Kier molecular flexibility index (Phi) is 6.29. The largest absolute Gasteiger partial charge is 0.451 e. The third kappa shape index (κ3) is 4.75. The maximum Gasteiger partial charge on any atom is 0.293 e. The van der Waals surface area contributed by atoms with Crippen LogP contribution < -0.4 is 10.6 Å². The second-order valence-corrected chi connectivity index (χ2v) is 7.33. The van der Waals surface area contributed by atoms with E-state index in [2.05, 4.69) is 10.6 Å². The minimum Gasteiger partial charge on any atom is -0.451 e. The van der Waals surface area contributed by atoms with Crippen LogP contribution in [0.5, 0.6) is 0 Å². The summed E-state index contributed by atoms with van der Waals surface area (Å²) in [5, 5.41) is 6.99. The first-order chi connectivity index (χ1) is 12.8. The fourth-order valence-corrected chi connectivity index (χ4v) is 3.26. The van der Waals surface area contributed by atoms with Gasteiger partial charge in [-0.05, 0) is 54.7 Å². The van der Waals surface area contributed by atoms with E-state index in [9.17, 15) is 4.79 Å². The molecule has 1 heterocycles. The van der Waals surface area contributed by atoms with E-state index in [-0.39, 0.29) is 10.9 Å². The average Bonchev–Trinajstić information content (AvgIpc) is 3.10. The second-order valence-electron chi connectivity index (χ2n) is 5.30. The predicted octanol–water partition coefficient (Wildman–Crippen LogP) is 6.69. The summed E-state index contributed by atoms with van der Waals surface area (Å²) in [6.07, 6.45) is 0. The van der Waals surface area contributed by atoms with Gasteiger partial charge in [0.1, 0.15) is 5.76 Å². The van der Waals surface area contributed by atoms with Crippen molar-refractivity contribution in [2.45, 2.75) is 0 Å². The topological polar surface area (TPSA) is 54.3 Å². The average molecular weight is 460 g/mol. The smallest absolute Gasteiger partial charge is 0.293 e. The van der Waals surface area contributed by atoms with Gasteiger partial charge in [0.05, 0.1) is 20.8 Å². The second kappa shape index (κ2) is 8.50. The van der Waals surface area contributed by atoms with Gasteiger partial charge in [-0.1, -0.05) is 52.5 Å². The van der Waals surface area contributed by atoms with Gasteiger partial charge in [0, 0.05) is 10.6 Å². The number of carbonyl (C=O) groups excluding carboxylic acids is 1. The van der Waals surface area contributed by atoms with Crippen LogP contribution in [0.3, 0.4) is 0 Å². The van der Waals surface area contributed by atoms with Gasteiger partial charge in [0.15, 0.2) is 10.9 Å². The van der Waals surface area contributed by atoms with Gasteiger partial charge < -0.3 is 9.73 Å². The van der Waals surface area contributed by atoms with E-state index in [1.165, 1.54) is 6.07 Å². The highest BCUT2D eigenvalue weighted by atomic mass is 35.5. The third-order valence-electron chi connectivity index (χ3n) is 3.45. The van der Waals surface area contributed by atoms with Crippen LogP contribution in [-0.2, 0) is 0 Å². The van der Waals surface area contributed by atoms with E-state index in [4.69, 9.17) is 63.0 Å². The molecule has 9 heteroatoms. The van der Waals surface area contributed by atoms with Crippen molar-refractivity contribution in [3.8, 4) is 11.3 Å². The Labute approximate surface area is 180 Å². The lowest BCUT2D eigenvalue weighted by Gasteiger charge is -2.10. The fourth-order valence-electron chi connectivity index (χ4n) is 2.21. The van der Waals surface area contributed by atoms with Crippen LogP contribution in [0.4, 0.5) is 5.69 Å². The summed E-state index contributed by atoms with van der Waals surface area (Å²) in [6, 6.07) is 13.1. The quantitative estimate of drug-likeness (QED) is 0.428. The number of nitrogens with one attached hydrogen (secondary N) is 2. The summed E-state index contributed by atoms with van der Waals surface area (Å²) >= 11 is 29.2. The van der Waals surface area contributed by atoms with Gasteiger partial charge in [-0.25, -0.2) is 0 Å². The van der Waals surface area contributed by atoms with Crippen LogP contribution in [-0.4, -0.2) is 11.0 Å². The molecule has 3 aromatic rings. The van der Waals surface area contributed by atoms with Crippen LogP contribution >= 0.6 is 58.6 Å². The maximum absolute atomic E-state index is 12.3. The summed E-state index contributed by atoms with van der Waals surface area (Å²) in [6.45, 7) is 0. The molecule has 0 bridgehead atoms. The highest BCUT2D eigenvalue weighted by molar-refractivity contribution is 7.80. The number of halogens is 4. The van der Waals surface area contributed by atoms with Crippen molar-refractivity contribution in [3.63, 3.8) is 0 Å². The zero-order chi connectivity index (χ0) is 19.6. The van der Waals surface area contributed by atoms with Gasteiger partial charge in [-0.3, -0.25) is 10.1 Å². The molecule has 0 fully saturated rings. The first-order valence-corrected chi connectivity index (χ1v) is 9.39. The summed E-state index contributed by atoms with van der Waals surface area (Å²) in [5.74, 6) is -0.0540. The van der Waals surface area contributed by atoms with Gasteiger partial charge in [0.2, 0.25) is 0 Å². The summed E-state index contributed by atoms with van der Waals surface area (Å²) < 4.78 is 5.57. The van der Waals surface area contributed by atoms with Crippen molar-refractivity contribution >= 4 is 75.3 Å². The molecule has 2 N–H and O–H groups in total. The van der Waals surface area contributed by atoms with Crippen LogP contribution in [0, 0.1) is 0 Å². The Morgan fingerprint density at radius 3 is 2.48 bits per heavy atom. The fraction of sp³-hybridized carbons (Fsp3) is 0. The zero-order valence-corrected chi connectivity index (χ0v) is 17.2. The molecule has 4 nitrogen and oxygen atoms in total. The van der Waals surface area contributed by atoms with E-state index in [1.54, 1.807) is 42.5 Å². The number of hydrogen-bond donors (Lipinski definition) is 2. The van der Waals surface area contributed by atoms with E-state index in [1.807, 2.05) is 0 Å². The molecule has 1 aromatic heterocycles. The van der Waals surface area contributed by atoms with Crippen molar-refractivity contribution in [3.05, 3.63) is 74.4 Å². The van der Waals surface area contributed by atoms with Crippen molar-refractivity contribution in [2.75, 3.05) is 5.32 Å². The molecule has 0 radical (unpaired) electrons. The Bertz CT molecular complexity index is 1040. The number of thiocarbonyl (C=S) groups is 1. The Hall–Kier alpha value is -1.76. The molecule has 3 rings (SSSR count). The van der Waals surface area contributed by atoms with E-state index < -0.39 is 5.91 Å². The standard InChI is InChI=1S/C18H10Cl4N2O2S/c19-9-4-5-13(12(21)8-9)23-18(27)24-17(25)15-7-6-14(26-15)10-2-1-3-11(20)16(10)22/h1-8H,(H2,23,24,25,27). The molecule has 1 amide bonds. The molecule has 0 saturated heterocycles. The molecule has 0 unspecified atom stereocenters. The van der Waals surface area contributed by atoms with Gasteiger partial charge in [0.25, 0.3) is 5.91 Å². The Balaban J connectivity index is 1.70. The SMILES string of the molecule is O=C(NC(=S)Nc1ccc(Cl)cc1Cl)c1ccc(-c2cccc(Cl)c2Cl)o1. The summed E-state index contributed by atoms with van der Waals surface area (Å²) in [4.78, 5) is 12.3. The lowest BCUT2D eigenvalue weighted by atomic mass is 10.2. The first kappa shape index (κ1) is 20.0. The van der Waals surface area contributed by atoms with Crippen molar-refractivity contribution in [1.82, 2.24) is 5.32 Å². The molecule has 0 spiro atoms. The zero-order valence-electron chi connectivity index (χ0n) is 13.4. The molecule has 27 heavy (non-hydrogen) atoms. The lowest BCUT2D eigenvalue weighted by Crippen LogP contribution is -2.33. The number of furan rings is 1. The van der Waals surface area contributed by atoms with Gasteiger partial charge >= 0.3 is 0 Å². The molecule has 0 saturated carbocycles. The van der Waals surface area contributed by atoms with Gasteiger partial charge in [-0.15, -0.1) is 0 Å². The lowest BCUT2D eigenvalue weighted by molar-refractivity contribution is 0.0951. The summed E-state index contributed by atoms with van der Waals surface area (Å²) in [5.41, 5.74) is 1.09. The number of amides is 1. The highest BCUT2D eigenvalue weighted by Gasteiger charge is 2.16. The Morgan fingerprint density at radius 2 is 1.74 bits per heavy atom. The number of anilines is 1. The molecule has 0 aliphatic rings. The summed E-state index contributed by atoms with van der Waals surface area (Å²) in [7, 11) is 0. The maximum atomic E-state index is 12.3. The Morgan fingerprint density at radius 1 is 0.963 bits per heavy atom. The van der Waals surface area contributed by atoms with Crippen molar-refractivity contribution in [1.29, 1.82) is 0 Å². The number of hydrogen-bond acceptors (Lipinski definition) is 3. The molecule has 0 aliphatic carbocycles. The number of benzene rings is 2. The molecule has 0 atom stereocenters. The first-order valence-electron chi connectivity index (χ1n) is 7.47. The molecular formula is C18H10Cl4N2O2S. The number of carbonyl (C=O) groups is 1. The molecular weight excluding hydrogens is 450 g/mol. The van der Waals surface area contributed by atoms with Gasteiger partial charge in [-0.2, -0.15) is 0 Å². The predicted molar refractivity (Wildman–Crippen MR) is 114 cm³/mol. The van der Waals surface area contributed by atoms with Crippen molar-refractivity contribution < 1.29 is 9.21 Å². The van der Waals surface area contributed by atoms with E-state index >= 15 is 0 Å². The third-order valence-corrected chi connectivity index (χ3v) is 5.02. The number of rotatable bonds is 3. The monoisotopic (exact) mass is 458 g/mol. The normalized spacial score (nSPS) is 10.5. The molecule has 2 aromatic carbocycles. The van der Waals surface area contributed by atoms with Crippen LogP contribution in [0.2, 0.25) is 20.1 Å². The van der Waals surface area contributed by atoms with E-state index in [0.717, 1.165) is 0 Å². The van der Waals surface area contributed by atoms with Crippen LogP contribution in [0.25, 0.3) is 11.3 Å². The minimum atomic E-state index is -0.526. The van der Waals surface area contributed by atoms with Crippen LogP contribution in [0.15, 0.2) is 52.9 Å². The van der Waals surface area contributed by atoms with E-state index in [0.29, 0.717) is 37.1 Å². The minimum absolute atomic E-state index is 0.0583. The molecule has 0 aliphatic heterocycles. The van der Waals surface area contributed by atoms with Crippen molar-refractivity contribution in [2.24, 2.45) is 0 Å². The van der Waals surface area contributed by atoms with Crippen LogP contribution in [0.1, 0.15) is 10.6 Å². The highest BCUT2D eigenvalue weighted by Crippen LogP contribution is 2.34.